The number of nitrogens with one attached hydrogen (secondary N) is 1. The van der Waals surface area contributed by atoms with Crippen molar-refractivity contribution in [3.05, 3.63) is 0 Å². The maximum Gasteiger partial charge on any atom is 0.234 e. The fourth-order valence-corrected chi connectivity index (χ4v) is 2.81. The fraction of sp³-hybridized carbons (Fsp3) is 0.923. The van der Waals surface area contributed by atoms with Gasteiger partial charge in [-0.3, -0.25) is 9.69 Å². The number of carbonyl (C=O) groups excluding carboxylic acids is 1. The number of rotatable bonds is 4. The van der Waals surface area contributed by atoms with E-state index in [0.29, 0.717) is 31.7 Å². The minimum absolute atomic E-state index is 0.0423. The summed E-state index contributed by atoms with van der Waals surface area (Å²) < 4.78 is 11.1. The number of nitrogens with zero attached hydrogens (tertiary/aromatic N) is 1. The first kappa shape index (κ1) is 12.4. The molecule has 1 aliphatic carbocycles. The number of piperidine rings is 1. The van der Waals surface area contributed by atoms with E-state index in [4.69, 9.17) is 9.47 Å². The minimum atomic E-state index is -0.0423. The third kappa shape index (κ3) is 3.22. The topological polar surface area (TPSA) is 50.8 Å². The molecule has 0 bridgehead atoms. The standard InChI is InChI=1S/C13H22N2O3/c16-12(14-11-3-4-11)9-15-5-1-2-10(8-15)13-17-6-7-18-13/h10-11,13H,1-9H2,(H,14,16). The Hall–Kier alpha value is -0.650. The van der Waals surface area contributed by atoms with E-state index in [0.717, 1.165) is 38.8 Å². The van der Waals surface area contributed by atoms with Crippen molar-refractivity contribution in [1.29, 1.82) is 0 Å². The van der Waals surface area contributed by atoms with Crippen molar-refractivity contribution in [2.24, 2.45) is 5.92 Å². The van der Waals surface area contributed by atoms with Crippen LogP contribution in [0.5, 0.6) is 0 Å². The molecule has 5 heteroatoms. The SMILES string of the molecule is O=C(CN1CCCC(C2OCCO2)C1)NC1CC1. The van der Waals surface area contributed by atoms with Crippen molar-refractivity contribution in [3.8, 4) is 0 Å². The maximum absolute atomic E-state index is 11.8. The van der Waals surface area contributed by atoms with Crippen LogP contribution in [0.2, 0.25) is 0 Å². The van der Waals surface area contributed by atoms with E-state index in [1.54, 1.807) is 0 Å². The molecule has 1 amide bonds. The predicted octanol–water partition coefficient (Wildman–Crippen LogP) is 0.350. The smallest absolute Gasteiger partial charge is 0.234 e. The van der Waals surface area contributed by atoms with Gasteiger partial charge in [0.05, 0.1) is 19.8 Å². The highest BCUT2D eigenvalue weighted by atomic mass is 16.7. The molecule has 2 heterocycles. The third-order valence-electron chi connectivity index (χ3n) is 3.88. The van der Waals surface area contributed by atoms with Crippen LogP contribution in [0.25, 0.3) is 0 Å². The molecule has 18 heavy (non-hydrogen) atoms. The number of amides is 1. The Bertz CT molecular complexity index is 301. The number of likely N-dealkylation sites (tertiary alicyclic amines) is 1. The van der Waals surface area contributed by atoms with Crippen LogP contribution in [0.1, 0.15) is 25.7 Å². The van der Waals surface area contributed by atoms with Gasteiger partial charge in [-0.05, 0) is 32.2 Å². The molecule has 1 unspecified atom stereocenters. The highest BCUT2D eigenvalue weighted by molar-refractivity contribution is 5.78. The molecule has 3 rings (SSSR count). The Labute approximate surface area is 108 Å². The van der Waals surface area contributed by atoms with Gasteiger partial charge < -0.3 is 14.8 Å². The van der Waals surface area contributed by atoms with E-state index >= 15 is 0 Å². The molecular formula is C13H22N2O3. The Morgan fingerprint density at radius 1 is 1.22 bits per heavy atom. The molecule has 2 aliphatic heterocycles. The average Bonchev–Trinajstić information content (AvgIpc) is 3.00. The predicted molar refractivity (Wildman–Crippen MR) is 66.0 cm³/mol. The van der Waals surface area contributed by atoms with Gasteiger partial charge in [-0.1, -0.05) is 0 Å². The Morgan fingerprint density at radius 3 is 2.72 bits per heavy atom. The van der Waals surface area contributed by atoms with Gasteiger partial charge in [0.15, 0.2) is 6.29 Å². The van der Waals surface area contributed by atoms with Gasteiger partial charge in [0.25, 0.3) is 0 Å². The van der Waals surface area contributed by atoms with Gasteiger partial charge in [-0.25, -0.2) is 0 Å². The van der Waals surface area contributed by atoms with Crippen LogP contribution in [0.3, 0.4) is 0 Å². The first-order valence-corrected chi connectivity index (χ1v) is 7.06. The van der Waals surface area contributed by atoms with Crippen molar-refractivity contribution < 1.29 is 14.3 Å². The van der Waals surface area contributed by atoms with Crippen LogP contribution in [0.4, 0.5) is 0 Å². The second-order valence-corrected chi connectivity index (χ2v) is 5.59. The lowest BCUT2D eigenvalue weighted by molar-refractivity contribution is -0.125. The molecule has 0 spiro atoms. The second-order valence-electron chi connectivity index (χ2n) is 5.59. The molecule has 1 N–H and O–H groups in total. The molecule has 0 radical (unpaired) electrons. The normalized spacial score (nSPS) is 30.6. The van der Waals surface area contributed by atoms with Crippen molar-refractivity contribution in [2.75, 3.05) is 32.8 Å². The van der Waals surface area contributed by atoms with Gasteiger partial charge in [0, 0.05) is 18.5 Å². The van der Waals surface area contributed by atoms with E-state index in [1.807, 2.05) is 0 Å². The molecule has 1 atom stereocenters. The van der Waals surface area contributed by atoms with Crippen LogP contribution in [0.15, 0.2) is 0 Å². The number of hydrogen-bond acceptors (Lipinski definition) is 4. The van der Waals surface area contributed by atoms with E-state index in [-0.39, 0.29) is 12.2 Å². The average molecular weight is 254 g/mol. The van der Waals surface area contributed by atoms with Crippen LogP contribution in [-0.4, -0.2) is 56.0 Å². The Kier molecular flexibility index (Phi) is 3.82. The van der Waals surface area contributed by atoms with E-state index in [1.165, 1.54) is 0 Å². The maximum atomic E-state index is 11.8. The zero-order chi connectivity index (χ0) is 12.4. The molecule has 5 nitrogen and oxygen atoms in total. The summed E-state index contributed by atoms with van der Waals surface area (Å²) in [6, 6.07) is 0.458. The molecule has 0 aromatic heterocycles. The number of hydrogen-bond donors (Lipinski definition) is 1. The van der Waals surface area contributed by atoms with Crippen LogP contribution in [0, 0.1) is 5.92 Å². The fourth-order valence-electron chi connectivity index (χ4n) is 2.81. The summed E-state index contributed by atoms with van der Waals surface area (Å²) in [4.78, 5) is 14.0. The quantitative estimate of drug-likeness (QED) is 0.786. The summed E-state index contributed by atoms with van der Waals surface area (Å²) in [6.07, 6.45) is 4.53. The van der Waals surface area contributed by atoms with Gasteiger partial charge in [0.1, 0.15) is 0 Å². The molecule has 102 valence electrons. The van der Waals surface area contributed by atoms with Gasteiger partial charge in [-0.15, -0.1) is 0 Å². The first-order valence-electron chi connectivity index (χ1n) is 7.06. The first-order chi connectivity index (χ1) is 8.81. The van der Waals surface area contributed by atoms with Gasteiger partial charge in [-0.2, -0.15) is 0 Å². The summed E-state index contributed by atoms with van der Waals surface area (Å²) in [6.45, 7) is 3.89. The van der Waals surface area contributed by atoms with E-state index < -0.39 is 0 Å². The minimum Gasteiger partial charge on any atom is -0.352 e. The Morgan fingerprint density at radius 2 is 2.00 bits per heavy atom. The van der Waals surface area contributed by atoms with Crippen molar-refractivity contribution in [3.63, 3.8) is 0 Å². The van der Waals surface area contributed by atoms with Crippen molar-refractivity contribution in [1.82, 2.24) is 10.2 Å². The molecule has 0 aromatic rings. The van der Waals surface area contributed by atoms with Gasteiger partial charge >= 0.3 is 0 Å². The summed E-state index contributed by atoms with van der Waals surface area (Å²) >= 11 is 0. The highest BCUT2D eigenvalue weighted by Crippen LogP contribution is 2.25. The van der Waals surface area contributed by atoms with E-state index in [9.17, 15) is 4.79 Å². The molecule has 0 aromatic carbocycles. The molecule has 3 fully saturated rings. The van der Waals surface area contributed by atoms with Crippen LogP contribution in [-0.2, 0) is 14.3 Å². The van der Waals surface area contributed by atoms with Gasteiger partial charge in [0.2, 0.25) is 5.91 Å². The summed E-state index contributed by atoms with van der Waals surface area (Å²) in [5.74, 6) is 0.599. The molecular weight excluding hydrogens is 232 g/mol. The summed E-state index contributed by atoms with van der Waals surface area (Å²) in [7, 11) is 0. The number of ether oxygens (including phenoxy) is 2. The van der Waals surface area contributed by atoms with Crippen LogP contribution >= 0.6 is 0 Å². The number of carbonyl (C=O) groups is 1. The van der Waals surface area contributed by atoms with Crippen molar-refractivity contribution in [2.45, 2.75) is 38.0 Å². The second kappa shape index (κ2) is 5.55. The zero-order valence-electron chi connectivity index (χ0n) is 10.8. The Balaban J connectivity index is 1.45. The summed E-state index contributed by atoms with van der Waals surface area (Å²) in [5.41, 5.74) is 0. The van der Waals surface area contributed by atoms with Crippen molar-refractivity contribution >= 4 is 5.91 Å². The lowest BCUT2D eigenvalue weighted by Crippen LogP contribution is -2.45. The van der Waals surface area contributed by atoms with Crippen LogP contribution < -0.4 is 5.32 Å². The zero-order valence-corrected chi connectivity index (χ0v) is 10.8. The molecule has 3 aliphatic rings. The molecule has 1 saturated carbocycles. The highest BCUT2D eigenvalue weighted by Gasteiger charge is 2.32. The monoisotopic (exact) mass is 254 g/mol. The third-order valence-corrected chi connectivity index (χ3v) is 3.88. The largest absolute Gasteiger partial charge is 0.352 e. The molecule has 2 saturated heterocycles. The summed E-state index contributed by atoms with van der Waals surface area (Å²) in [5, 5.41) is 3.04. The lowest BCUT2D eigenvalue weighted by atomic mass is 9.97. The van der Waals surface area contributed by atoms with E-state index in [2.05, 4.69) is 10.2 Å². The lowest BCUT2D eigenvalue weighted by Gasteiger charge is -2.34.